The number of carboxylic acids is 1. The Kier molecular flexibility index (Phi) is 4.22. The molecule has 126 valence electrons. The molecule has 0 atom stereocenters. The second kappa shape index (κ2) is 6.35. The van der Waals surface area contributed by atoms with Crippen LogP contribution in [0.15, 0.2) is 48.5 Å². The molecule has 0 bridgehead atoms. The number of benzene rings is 2. The first-order chi connectivity index (χ1) is 11.9. The van der Waals surface area contributed by atoms with E-state index in [-0.39, 0.29) is 22.4 Å². The molecule has 3 rings (SSSR count). The fourth-order valence-corrected chi connectivity index (χ4v) is 2.40. The van der Waals surface area contributed by atoms with Crippen LogP contribution in [0.4, 0.5) is 17.6 Å². The van der Waals surface area contributed by atoms with Crippen molar-refractivity contribution in [1.29, 1.82) is 0 Å². The molecule has 0 saturated carbocycles. The third kappa shape index (κ3) is 2.96. The maximum Gasteiger partial charge on any atom is 0.354 e. The van der Waals surface area contributed by atoms with Crippen molar-refractivity contribution in [3.8, 4) is 22.4 Å². The van der Waals surface area contributed by atoms with E-state index < -0.39 is 34.9 Å². The van der Waals surface area contributed by atoms with E-state index in [9.17, 15) is 22.4 Å². The summed E-state index contributed by atoms with van der Waals surface area (Å²) in [5.41, 5.74) is -1.42. The van der Waals surface area contributed by atoms with Gasteiger partial charge in [0.1, 0.15) is 5.69 Å². The van der Waals surface area contributed by atoms with E-state index in [0.29, 0.717) is 0 Å². The monoisotopic (exact) mass is 347 g/mol. The molecule has 7 heteroatoms. The first-order valence-corrected chi connectivity index (χ1v) is 7.03. The van der Waals surface area contributed by atoms with Gasteiger partial charge in [-0.05, 0) is 30.3 Å². The largest absolute Gasteiger partial charge is 0.477 e. The minimum Gasteiger partial charge on any atom is -0.477 e. The summed E-state index contributed by atoms with van der Waals surface area (Å²) < 4.78 is 55.4. The van der Waals surface area contributed by atoms with Gasteiger partial charge in [-0.15, -0.1) is 0 Å². The molecule has 3 aromatic rings. The van der Waals surface area contributed by atoms with Crippen molar-refractivity contribution in [2.24, 2.45) is 0 Å². The van der Waals surface area contributed by atoms with Crippen molar-refractivity contribution >= 4 is 5.97 Å². The van der Waals surface area contributed by atoms with Gasteiger partial charge in [-0.3, -0.25) is 0 Å². The Morgan fingerprint density at radius 1 is 0.760 bits per heavy atom. The molecule has 0 saturated heterocycles. The summed E-state index contributed by atoms with van der Waals surface area (Å²) in [6.07, 6.45) is 0. The number of carboxylic acid groups (broad SMARTS) is 1. The van der Waals surface area contributed by atoms with Gasteiger partial charge >= 0.3 is 5.97 Å². The highest BCUT2D eigenvalue weighted by molar-refractivity contribution is 5.89. The molecule has 2 aromatic carbocycles. The Balaban J connectivity index is 2.35. The van der Waals surface area contributed by atoms with Crippen molar-refractivity contribution in [3.05, 3.63) is 77.5 Å². The smallest absolute Gasteiger partial charge is 0.354 e. The van der Waals surface area contributed by atoms with Gasteiger partial charge < -0.3 is 5.11 Å². The van der Waals surface area contributed by atoms with Crippen molar-refractivity contribution in [2.45, 2.75) is 0 Å². The number of halogens is 4. The number of carbonyl (C=O) groups is 1. The molecule has 0 radical (unpaired) electrons. The second-order valence-corrected chi connectivity index (χ2v) is 5.10. The lowest BCUT2D eigenvalue weighted by Gasteiger charge is -2.12. The van der Waals surface area contributed by atoms with E-state index in [1.165, 1.54) is 30.3 Å². The Bertz CT molecular complexity index is 989. The summed E-state index contributed by atoms with van der Waals surface area (Å²) >= 11 is 0. The molecule has 1 aromatic heterocycles. The van der Waals surface area contributed by atoms with Gasteiger partial charge in [0.15, 0.2) is 23.3 Å². The highest BCUT2D eigenvalue weighted by Crippen LogP contribution is 2.34. The number of nitrogens with zero attached hydrogens (tertiary/aromatic N) is 1. The highest BCUT2D eigenvalue weighted by Gasteiger charge is 2.21. The number of rotatable bonds is 3. The van der Waals surface area contributed by atoms with Gasteiger partial charge in [0, 0.05) is 16.7 Å². The van der Waals surface area contributed by atoms with Gasteiger partial charge in [-0.2, -0.15) is 0 Å². The quantitative estimate of drug-likeness (QED) is 0.701. The summed E-state index contributed by atoms with van der Waals surface area (Å²) in [6.45, 7) is 0. The van der Waals surface area contributed by atoms with E-state index in [2.05, 4.69) is 4.98 Å². The van der Waals surface area contributed by atoms with Gasteiger partial charge in [-0.1, -0.05) is 18.2 Å². The van der Waals surface area contributed by atoms with E-state index in [4.69, 9.17) is 5.11 Å². The molecule has 0 spiro atoms. The fraction of sp³-hybridized carbons (Fsp3) is 0. The lowest BCUT2D eigenvalue weighted by Crippen LogP contribution is -2.04. The van der Waals surface area contributed by atoms with Crippen LogP contribution in [0.5, 0.6) is 0 Å². The molecule has 3 nitrogen and oxygen atoms in total. The van der Waals surface area contributed by atoms with Crippen molar-refractivity contribution < 1.29 is 27.5 Å². The summed E-state index contributed by atoms with van der Waals surface area (Å²) in [4.78, 5) is 14.9. The first-order valence-electron chi connectivity index (χ1n) is 7.03. The van der Waals surface area contributed by atoms with Crippen LogP contribution < -0.4 is 0 Å². The number of pyridine rings is 1. The average molecular weight is 347 g/mol. The molecule has 25 heavy (non-hydrogen) atoms. The lowest BCUT2D eigenvalue weighted by molar-refractivity contribution is 0.0690. The number of aromatic carboxylic acids is 1. The molecule has 0 aliphatic heterocycles. The molecule has 0 aliphatic rings. The zero-order chi connectivity index (χ0) is 18.1. The van der Waals surface area contributed by atoms with Crippen LogP contribution in [0.3, 0.4) is 0 Å². The maximum atomic E-state index is 14.2. The van der Waals surface area contributed by atoms with Crippen LogP contribution in [-0.2, 0) is 0 Å². The number of hydrogen-bond donors (Lipinski definition) is 1. The van der Waals surface area contributed by atoms with E-state index >= 15 is 0 Å². The average Bonchev–Trinajstić information content (AvgIpc) is 2.59. The standard InChI is InChI=1S/C18H9F4NO2/c19-12-5-1-3-9(15(12)21)10-7-8-14(18(24)25)23-17(10)11-4-2-6-13(20)16(11)22/h1-8H,(H,24,25). The summed E-state index contributed by atoms with van der Waals surface area (Å²) in [6, 6.07) is 8.88. The van der Waals surface area contributed by atoms with Crippen molar-refractivity contribution in [2.75, 3.05) is 0 Å². The Hall–Kier alpha value is -3.22. The minimum atomic E-state index is -1.40. The predicted molar refractivity (Wildman–Crippen MR) is 81.9 cm³/mol. The van der Waals surface area contributed by atoms with Crippen molar-refractivity contribution in [1.82, 2.24) is 4.98 Å². The fourth-order valence-electron chi connectivity index (χ4n) is 2.40. The Morgan fingerprint density at radius 3 is 1.92 bits per heavy atom. The molecule has 0 fully saturated rings. The minimum absolute atomic E-state index is 0.0634. The van der Waals surface area contributed by atoms with Crippen LogP contribution in [0.1, 0.15) is 10.5 Å². The summed E-state index contributed by atoms with van der Waals surface area (Å²) in [7, 11) is 0. The highest BCUT2D eigenvalue weighted by atomic mass is 19.2. The molecule has 0 aliphatic carbocycles. The zero-order valence-corrected chi connectivity index (χ0v) is 12.4. The summed E-state index contributed by atoms with van der Waals surface area (Å²) in [5, 5.41) is 9.08. The SMILES string of the molecule is O=C(O)c1ccc(-c2cccc(F)c2F)c(-c2cccc(F)c2F)n1. The Labute approximate surface area is 139 Å². The lowest BCUT2D eigenvalue weighted by atomic mass is 9.97. The number of aromatic nitrogens is 1. The first kappa shape index (κ1) is 16.6. The van der Waals surface area contributed by atoms with Gasteiger partial charge in [0.2, 0.25) is 0 Å². The van der Waals surface area contributed by atoms with Crippen LogP contribution in [0.25, 0.3) is 22.4 Å². The third-order valence-corrected chi connectivity index (χ3v) is 3.56. The number of hydrogen-bond acceptors (Lipinski definition) is 2. The predicted octanol–water partition coefficient (Wildman–Crippen LogP) is 4.67. The van der Waals surface area contributed by atoms with Crippen LogP contribution in [0.2, 0.25) is 0 Å². The van der Waals surface area contributed by atoms with Crippen LogP contribution >= 0.6 is 0 Å². The normalized spacial score (nSPS) is 10.7. The molecule has 0 unspecified atom stereocenters. The molecule has 1 heterocycles. The molecule has 0 amide bonds. The molecular formula is C18H9F4NO2. The van der Waals surface area contributed by atoms with Crippen LogP contribution in [-0.4, -0.2) is 16.1 Å². The zero-order valence-electron chi connectivity index (χ0n) is 12.4. The van der Waals surface area contributed by atoms with E-state index in [0.717, 1.165) is 18.2 Å². The maximum absolute atomic E-state index is 14.2. The van der Waals surface area contributed by atoms with E-state index in [1.54, 1.807) is 0 Å². The second-order valence-electron chi connectivity index (χ2n) is 5.10. The molecule has 1 N–H and O–H groups in total. The van der Waals surface area contributed by atoms with Crippen molar-refractivity contribution in [3.63, 3.8) is 0 Å². The van der Waals surface area contributed by atoms with Gasteiger partial charge in [0.25, 0.3) is 0 Å². The van der Waals surface area contributed by atoms with Gasteiger partial charge in [-0.25, -0.2) is 27.3 Å². The third-order valence-electron chi connectivity index (χ3n) is 3.56. The van der Waals surface area contributed by atoms with Gasteiger partial charge in [0.05, 0.1) is 5.69 Å². The summed E-state index contributed by atoms with van der Waals surface area (Å²) in [5.74, 6) is -6.18. The van der Waals surface area contributed by atoms with E-state index in [1.807, 2.05) is 0 Å². The molecular weight excluding hydrogens is 338 g/mol. The topological polar surface area (TPSA) is 50.2 Å². The Morgan fingerprint density at radius 2 is 1.32 bits per heavy atom. The van der Waals surface area contributed by atoms with Crippen LogP contribution in [0, 0.1) is 23.3 Å².